The van der Waals surface area contributed by atoms with Crippen molar-refractivity contribution in [2.24, 2.45) is 5.41 Å². The molecule has 0 bridgehead atoms. The average molecular weight is 451 g/mol. The molecule has 0 radical (unpaired) electrons. The Morgan fingerprint density at radius 2 is 1.64 bits per heavy atom. The normalized spacial score (nSPS) is 18.4. The Hall–Kier alpha value is -3.35. The van der Waals surface area contributed by atoms with Crippen LogP contribution < -0.4 is 5.32 Å². The third-order valence-corrected chi connectivity index (χ3v) is 6.54. The molecule has 33 heavy (non-hydrogen) atoms. The number of carbonyl (C=O) groups excluding carboxylic acids is 2. The van der Waals surface area contributed by atoms with Crippen molar-refractivity contribution in [3.05, 3.63) is 59.7 Å². The van der Waals surface area contributed by atoms with Gasteiger partial charge in [0.1, 0.15) is 18.7 Å². The number of amides is 2. The molecule has 7 heteroatoms. The molecule has 0 unspecified atom stereocenters. The van der Waals surface area contributed by atoms with Gasteiger partial charge < -0.3 is 20.1 Å². The fourth-order valence-corrected chi connectivity index (χ4v) is 4.86. The maximum Gasteiger partial charge on any atom is 0.407 e. The van der Waals surface area contributed by atoms with E-state index in [-0.39, 0.29) is 18.4 Å². The highest BCUT2D eigenvalue weighted by Gasteiger charge is 2.42. The number of nitrogens with zero attached hydrogens (tertiary/aromatic N) is 1. The number of nitrogens with one attached hydrogen (secondary N) is 1. The van der Waals surface area contributed by atoms with Gasteiger partial charge in [-0.2, -0.15) is 0 Å². The fraction of sp³-hybridized carbons (Fsp3) is 0.423. The highest BCUT2D eigenvalue weighted by Crippen LogP contribution is 2.44. The van der Waals surface area contributed by atoms with Gasteiger partial charge in [0.2, 0.25) is 5.91 Å². The van der Waals surface area contributed by atoms with Crippen LogP contribution in [-0.4, -0.2) is 53.2 Å². The molecule has 2 atom stereocenters. The minimum Gasteiger partial charge on any atom is -0.480 e. The number of alkyl carbamates (subject to hydrolysis) is 1. The molecule has 1 heterocycles. The second-order valence-electron chi connectivity index (χ2n) is 9.80. The summed E-state index contributed by atoms with van der Waals surface area (Å²) in [5, 5.41) is 12.2. The lowest BCUT2D eigenvalue weighted by molar-refractivity contribution is -0.150. The van der Waals surface area contributed by atoms with Crippen molar-refractivity contribution in [1.29, 1.82) is 0 Å². The van der Waals surface area contributed by atoms with Crippen LogP contribution >= 0.6 is 0 Å². The second kappa shape index (κ2) is 8.89. The summed E-state index contributed by atoms with van der Waals surface area (Å²) in [6.07, 6.45) is 0.365. The van der Waals surface area contributed by atoms with Gasteiger partial charge in [-0.3, -0.25) is 4.79 Å². The van der Waals surface area contributed by atoms with Crippen LogP contribution in [0.3, 0.4) is 0 Å². The van der Waals surface area contributed by atoms with E-state index < -0.39 is 29.6 Å². The number of ether oxygens (including phenoxy) is 1. The van der Waals surface area contributed by atoms with E-state index in [1.165, 1.54) is 4.90 Å². The zero-order valence-corrected chi connectivity index (χ0v) is 19.2. The molecule has 174 valence electrons. The van der Waals surface area contributed by atoms with Gasteiger partial charge in [-0.1, -0.05) is 69.3 Å². The first-order chi connectivity index (χ1) is 15.7. The van der Waals surface area contributed by atoms with Gasteiger partial charge in [0.05, 0.1) is 0 Å². The predicted molar refractivity (Wildman–Crippen MR) is 124 cm³/mol. The lowest BCUT2D eigenvalue weighted by Gasteiger charge is -2.34. The molecule has 0 aromatic heterocycles. The van der Waals surface area contributed by atoms with Crippen molar-refractivity contribution in [3.63, 3.8) is 0 Å². The lowest BCUT2D eigenvalue weighted by atomic mass is 9.85. The standard InChI is InChI=1S/C26H30N2O5/c1-26(2,3)22(23(29)28-14-8-13-21(28)24(30)31)27-25(32)33-15-20-18-11-6-4-9-16(18)17-10-5-7-12-19(17)20/h4-7,9-12,20-22H,8,13-15H2,1-3H3,(H,27,32)(H,30,31)/t21-,22+/m1/s1. The molecule has 2 amide bonds. The highest BCUT2D eigenvalue weighted by molar-refractivity contribution is 5.90. The van der Waals surface area contributed by atoms with Gasteiger partial charge >= 0.3 is 12.1 Å². The van der Waals surface area contributed by atoms with E-state index in [1.54, 1.807) is 0 Å². The van der Waals surface area contributed by atoms with Crippen LogP contribution in [0.5, 0.6) is 0 Å². The molecule has 1 saturated heterocycles. The van der Waals surface area contributed by atoms with Gasteiger partial charge in [-0.25, -0.2) is 9.59 Å². The summed E-state index contributed by atoms with van der Waals surface area (Å²) in [5.74, 6) is -1.49. The maximum absolute atomic E-state index is 13.2. The van der Waals surface area contributed by atoms with E-state index >= 15 is 0 Å². The summed E-state index contributed by atoms with van der Waals surface area (Å²) in [6, 6.07) is 14.4. The Morgan fingerprint density at radius 1 is 1.06 bits per heavy atom. The van der Waals surface area contributed by atoms with Gasteiger partial charge in [0, 0.05) is 12.5 Å². The largest absolute Gasteiger partial charge is 0.480 e. The van der Waals surface area contributed by atoms with Gasteiger partial charge in [-0.15, -0.1) is 0 Å². The van der Waals surface area contributed by atoms with E-state index in [9.17, 15) is 19.5 Å². The first-order valence-electron chi connectivity index (χ1n) is 11.3. The monoisotopic (exact) mass is 450 g/mol. The first-order valence-corrected chi connectivity index (χ1v) is 11.3. The summed E-state index contributed by atoms with van der Waals surface area (Å²) in [6.45, 7) is 6.03. The minimum absolute atomic E-state index is 0.0816. The summed E-state index contributed by atoms with van der Waals surface area (Å²) in [4.78, 5) is 38.9. The van der Waals surface area contributed by atoms with Crippen LogP contribution in [0.1, 0.15) is 50.7 Å². The number of rotatable bonds is 5. The van der Waals surface area contributed by atoms with E-state index in [2.05, 4.69) is 17.4 Å². The molecular formula is C26H30N2O5. The molecule has 7 nitrogen and oxygen atoms in total. The number of aliphatic carboxylic acids is 1. The molecule has 2 aromatic rings. The quantitative estimate of drug-likeness (QED) is 0.717. The minimum atomic E-state index is -1.02. The summed E-state index contributed by atoms with van der Waals surface area (Å²) < 4.78 is 5.62. The predicted octanol–water partition coefficient (Wildman–Crippen LogP) is 4.02. The van der Waals surface area contributed by atoms with E-state index in [4.69, 9.17) is 4.74 Å². The third-order valence-electron chi connectivity index (χ3n) is 6.54. The van der Waals surface area contributed by atoms with Crippen molar-refractivity contribution < 1.29 is 24.2 Å². The number of carboxylic acid groups (broad SMARTS) is 1. The molecule has 1 aliphatic heterocycles. The van der Waals surface area contributed by atoms with Crippen LogP contribution in [0.25, 0.3) is 11.1 Å². The summed E-state index contributed by atoms with van der Waals surface area (Å²) in [7, 11) is 0. The SMILES string of the molecule is CC(C)(C)[C@@H](NC(=O)OCC1c2ccccc2-c2ccccc21)C(=O)N1CCC[C@@H]1C(=O)O. The molecule has 2 aromatic carbocycles. The van der Waals surface area contributed by atoms with Crippen LogP contribution in [0, 0.1) is 5.41 Å². The van der Waals surface area contributed by atoms with Gasteiger partial charge in [0.15, 0.2) is 0 Å². The molecule has 4 rings (SSSR count). The molecular weight excluding hydrogens is 420 g/mol. The van der Waals surface area contributed by atoms with Crippen LogP contribution in [0.4, 0.5) is 4.79 Å². The summed E-state index contributed by atoms with van der Waals surface area (Å²) in [5.41, 5.74) is 3.87. The number of likely N-dealkylation sites (tertiary alicyclic amines) is 1. The van der Waals surface area contributed by atoms with E-state index in [1.807, 2.05) is 57.2 Å². The molecule has 1 fully saturated rings. The average Bonchev–Trinajstić information content (AvgIpc) is 3.38. The first kappa shape index (κ1) is 22.8. The van der Waals surface area contributed by atoms with Gasteiger partial charge in [-0.05, 0) is 40.5 Å². The molecule has 2 aliphatic rings. The number of benzene rings is 2. The maximum atomic E-state index is 13.2. The fourth-order valence-electron chi connectivity index (χ4n) is 4.86. The van der Waals surface area contributed by atoms with Crippen LogP contribution in [0.2, 0.25) is 0 Å². The van der Waals surface area contributed by atoms with Crippen molar-refractivity contribution in [3.8, 4) is 11.1 Å². The number of fused-ring (bicyclic) bond motifs is 3. The topological polar surface area (TPSA) is 95.9 Å². The molecule has 0 spiro atoms. The zero-order valence-electron chi connectivity index (χ0n) is 19.2. The van der Waals surface area contributed by atoms with E-state index in [0.717, 1.165) is 22.3 Å². The summed E-state index contributed by atoms with van der Waals surface area (Å²) >= 11 is 0. The Balaban J connectivity index is 1.47. The second-order valence-corrected chi connectivity index (χ2v) is 9.80. The smallest absolute Gasteiger partial charge is 0.407 e. The van der Waals surface area contributed by atoms with Gasteiger partial charge in [0.25, 0.3) is 0 Å². The van der Waals surface area contributed by atoms with Crippen LogP contribution in [-0.2, 0) is 14.3 Å². The zero-order chi connectivity index (χ0) is 23.8. The molecule has 2 N–H and O–H groups in total. The van der Waals surface area contributed by atoms with Crippen molar-refractivity contribution in [1.82, 2.24) is 10.2 Å². The van der Waals surface area contributed by atoms with E-state index in [0.29, 0.717) is 19.4 Å². The Labute approximate surface area is 193 Å². The number of carbonyl (C=O) groups is 3. The number of hydrogen-bond acceptors (Lipinski definition) is 4. The van der Waals surface area contributed by atoms with Crippen molar-refractivity contribution >= 4 is 18.0 Å². The third kappa shape index (κ3) is 4.45. The number of carboxylic acids is 1. The number of hydrogen-bond donors (Lipinski definition) is 2. The highest BCUT2D eigenvalue weighted by atomic mass is 16.5. The van der Waals surface area contributed by atoms with Crippen molar-refractivity contribution in [2.75, 3.05) is 13.2 Å². The molecule has 0 saturated carbocycles. The Bertz CT molecular complexity index is 1030. The Morgan fingerprint density at radius 3 is 2.18 bits per heavy atom. The van der Waals surface area contributed by atoms with Crippen molar-refractivity contribution in [2.45, 2.75) is 51.6 Å². The molecule has 1 aliphatic carbocycles. The van der Waals surface area contributed by atoms with Crippen LogP contribution in [0.15, 0.2) is 48.5 Å². The lowest BCUT2D eigenvalue weighted by Crippen LogP contribution is -2.56. The Kier molecular flexibility index (Phi) is 6.15.